The minimum absolute atomic E-state index is 0.827. The van der Waals surface area contributed by atoms with Crippen LogP contribution in [0.4, 0.5) is 0 Å². The fourth-order valence-corrected chi connectivity index (χ4v) is 9.86. The predicted molar refractivity (Wildman–Crippen MR) is 202 cm³/mol. The van der Waals surface area contributed by atoms with Crippen LogP contribution in [-0.4, -0.2) is 9.13 Å². The highest BCUT2D eigenvalue weighted by molar-refractivity contribution is 7.85. The van der Waals surface area contributed by atoms with Crippen molar-refractivity contribution in [2.45, 2.75) is 0 Å². The van der Waals surface area contributed by atoms with E-state index in [2.05, 4.69) is 125 Å². The maximum atomic E-state index is 15.2. The molecule has 3 nitrogen and oxygen atoms in total. The third-order valence-electron chi connectivity index (χ3n) is 9.43. The van der Waals surface area contributed by atoms with Crippen LogP contribution < -0.4 is 15.9 Å². The number of aromatic nitrogens is 2. The average Bonchev–Trinajstić information content (AvgIpc) is 3.75. The Morgan fingerprint density at radius 1 is 0.396 bits per heavy atom. The summed E-state index contributed by atoms with van der Waals surface area (Å²) in [6.07, 6.45) is 2.17. The van der Waals surface area contributed by atoms with Gasteiger partial charge in [-0.1, -0.05) is 127 Å². The molecule has 2 heterocycles. The van der Waals surface area contributed by atoms with Crippen LogP contribution in [0, 0.1) is 0 Å². The van der Waals surface area contributed by atoms with E-state index in [1.165, 1.54) is 27.2 Å². The number of hydrogen-bond acceptors (Lipinski definition) is 1. The molecule has 0 aliphatic rings. The van der Waals surface area contributed by atoms with Gasteiger partial charge in [-0.25, -0.2) is 0 Å². The van der Waals surface area contributed by atoms with E-state index >= 15 is 4.57 Å². The van der Waals surface area contributed by atoms with Crippen LogP contribution >= 0.6 is 7.14 Å². The number of fused-ring (bicyclic) bond motifs is 5. The first kappa shape index (κ1) is 28.3. The maximum absolute atomic E-state index is 15.2. The first-order valence-electron chi connectivity index (χ1n) is 16.2. The molecule has 7 aromatic carbocycles. The Morgan fingerprint density at radius 3 is 1.62 bits per heavy atom. The normalized spacial score (nSPS) is 11.8. The van der Waals surface area contributed by atoms with Gasteiger partial charge in [0.25, 0.3) is 0 Å². The molecule has 0 saturated heterocycles. The summed E-state index contributed by atoms with van der Waals surface area (Å²) < 4.78 is 19.8. The highest BCUT2D eigenvalue weighted by Gasteiger charge is 2.30. The summed E-state index contributed by atoms with van der Waals surface area (Å²) in [4.78, 5) is 0. The third-order valence-corrected chi connectivity index (χ3v) is 12.5. The molecule has 0 aliphatic heterocycles. The van der Waals surface area contributed by atoms with E-state index in [-0.39, 0.29) is 0 Å². The second kappa shape index (κ2) is 11.4. The van der Waals surface area contributed by atoms with Crippen LogP contribution in [0.2, 0.25) is 0 Å². The summed E-state index contributed by atoms with van der Waals surface area (Å²) in [5, 5.41) is 6.08. The van der Waals surface area contributed by atoms with E-state index in [4.69, 9.17) is 0 Å². The molecule has 0 unspecified atom stereocenters. The van der Waals surface area contributed by atoms with E-state index in [1.807, 2.05) is 72.8 Å². The van der Waals surface area contributed by atoms with Crippen LogP contribution in [0.15, 0.2) is 188 Å². The van der Waals surface area contributed by atoms with Crippen LogP contribution in [0.25, 0.3) is 55.2 Å². The van der Waals surface area contributed by atoms with Crippen LogP contribution in [0.1, 0.15) is 0 Å². The van der Waals surface area contributed by atoms with Crippen molar-refractivity contribution in [3.05, 3.63) is 188 Å². The summed E-state index contributed by atoms with van der Waals surface area (Å²) in [5.41, 5.74) is 7.89. The molecule has 0 aliphatic carbocycles. The van der Waals surface area contributed by atoms with Crippen molar-refractivity contribution >= 4 is 55.8 Å². The third kappa shape index (κ3) is 4.47. The zero-order valence-electron chi connectivity index (χ0n) is 26.1. The summed E-state index contributed by atoms with van der Waals surface area (Å²) in [6.45, 7) is 0. The first-order chi connectivity index (χ1) is 23.7. The van der Waals surface area contributed by atoms with E-state index in [0.717, 1.165) is 43.9 Å². The van der Waals surface area contributed by atoms with Crippen molar-refractivity contribution in [2.75, 3.05) is 0 Å². The van der Waals surface area contributed by atoms with Crippen molar-refractivity contribution < 1.29 is 4.57 Å². The Morgan fingerprint density at radius 2 is 0.958 bits per heavy atom. The van der Waals surface area contributed by atoms with E-state index < -0.39 is 7.14 Å². The second-order valence-electron chi connectivity index (χ2n) is 12.1. The van der Waals surface area contributed by atoms with Crippen LogP contribution in [0.3, 0.4) is 0 Å². The SMILES string of the molecule is O=P(c1ccccc1)(c1ccccc1)c1cccc(-c2ccc3c(c2)c2ccc4c(ccn4-c4ccccc4)c2n3-c2ccccc2)c1. The van der Waals surface area contributed by atoms with E-state index in [1.54, 1.807) is 0 Å². The zero-order chi connectivity index (χ0) is 32.1. The summed E-state index contributed by atoms with van der Waals surface area (Å²) in [6, 6.07) is 62.6. The molecular formula is C44H31N2OP. The average molecular weight is 635 g/mol. The lowest BCUT2D eigenvalue weighted by Crippen LogP contribution is -2.25. The molecule has 0 spiro atoms. The highest BCUT2D eigenvalue weighted by atomic mass is 31.2. The second-order valence-corrected chi connectivity index (χ2v) is 14.9. The molecule has 9 rings (SSSR count). The lowest BCUT2D eigenvalue weighted by atomic mass is 10.0. The monoisotopic (exact) mass is 634 g/mol. The van der Waals surface area contributed by atoms with Crippen molar-refractivity contribution in [1.82, 2.24) is 9.13 Å². The van der Waals surface area contributed by atoms with Crippen LogP contribution in [-0.2, 0) is 4.57 Å². The van der Waals surface area contributed by atoms with Crippen molar-refractivity contribution in [3.8, 4) is 22.5 Å². The Labute approximate surface area is 279 Å². The standard InChI is InChI=1S/C44H31N2OP/c47-48(36-19-9-3-10-20-36,37-21-11-4-12-22-37)38-23-13-14-32(30-38)33-24-26-43-41(31-33)39-25-27-42-40(28-29-45(42)34-15-5-1-6-16-34)44(39)46(43)35-17-7-2-8-18-35/h1-31H. The minimum Gasteiger partial charge on any atom is -0.316 e. The predicted octanol–water partition coefficient (Wildman–Crippen LogP) is 10.0. The number of rotatable bonds is 6. The molecule has 0 bridgehead atoms. The van der Waals surface area contributed by atoms with Gasteiger partial charge in [0.15, 0.2) is 7.14 Å². The Kier molecular flexibility index (Phi) is 6.74. The van der Waals surface area contributed by atoms with Crippen molar-refractivity contribution in [1.29, 1.82) is 0 Å². The van der Waals surface area contributed by atoms with Gasteiger partial charge in [-0.15, -0.1) is 0 Å². The molecule has 0 amide bonds. The molecule has 0 radical (unpaired) electrons. The fourth-order valence-electron chi connectivity index (χ4n) is 7.17. The first-order valence-corrected chi connectivity index (χ1v) is 17.9. The van der Waals surface area contributed by atoms with Crippen molar-refractivity contribution in [3.63, 3.8) is 0 Å². The van der Waals surface area contributed by atoms with Gasteiger partial charge < -0.3 is 13.7 Å². The number of hydrogen-bond donors (Lipinski definition) is 0. The fraction of sp³-hybridized carbons (Fsp3) is 0. The van der Waals surface area contributed by atoms with Crippen molar-refractivity contribution in [2.24, 2.45) is 0 Å². The Hall–Kier alpha value is -5.89. The van der Waals surface area contributed by atoms with Gasteiger partial charge in [0.05, 0.1) is 16.6 Å². The number of para-hydroxylation sites is 2. The van der Waals surface area contributed by atoms with E-state index in [9.17, 15) is 0 Å². The molecule has 2 aromatic heterocycles. The molecule has 228 valence electrons. The molecule has 0 atom stereocenters. The van der Waals surface area contributed by atoms with Gasteiger partial charge in [-0.2, -0.15) is 0 Å². The molecule has 0 saturated carbocycles. The van der Waals surface area contributed by atoms with Gasteiger partial charge >= 0.3 is 0 Å². The van der Waals surface area contributed by atoms with Gasteiger partial charge in [-0.3, -0.25) is 0 Å². The minimum atomic E-state index is -3.10. The quantitative estimate of drug-likeness (QED) is 0.167. The molecular weight excluding hydrogens is 603 g/mol. The van der Waals surface area contributed by atoms with Gasteiger partial charge in [0.1, 0.15) is 0 Å². The lowest BCUT2D eigenvalue weighted by molar-refractivity contribution is 0.592. The van der Waals surface area contributed by atoms with Gasteiger partial charge in [0.2, 0.25) is 0 Å². The highest BCUT2D eigenvalue weighted by Crippen LogP contribution is 2.44. The molecule has 48 heavy (non-hydrogen) atoms. The van der Waals surface area contributed by atoms with Gasteiger partial charge in [-0.05, 0) is 65.7 Å². The molecule has 4 heteroatoms. The molecule has 0 N–H and O–H groups in total. The lowest BCUT2D eigenvalue weighted by Gasteiger charge is -2.20. The summed E-state index contributed by atoms with van der Waals surface area (Å²) in [7, 11) is -3.10. The van der Waals surface area contributed by atoms with E-state index in [0.29, 0.717) is 0 Å². The Balaban J connectivity index is 1.26. The van der Waals surface area contributed by atoms with Crippen LogP contribution in [0.5, 0.6) is 0 Å². The summed E-state index contributed by atoms with van der Waals surface area (Å²) >= 11 is 0. The molecule has 0 fully saturated rings. The largest absolute Gasteiger partial charge is 0.316 e. The zero-order valence-corrected chi connectivity index (χ0v) is 27.0. The number of nitrogens with zero attached hydrogens (tertiary/aromatic N) is 2. The molecule has 9 aromatic rings. The topological polar surface area (TPSA) is 26.9 Å². The number of benzene rings is 7. The van der Waals surface area contributed by atoms with Gasteiger partial charge in [0, 0.05) is 49.6 Å². The summed E-state index contributed by atoms with van der Waals surface area (Å²) in [5.74, 6) is 0. The smallest absolute Gasteiger partial charge is 0.171 e. The maximum Gasteiger partial charge on any atom is 0.171 e. The Bertz CT molecular complexity index is 2580.